The summed E-state index contributed by atoms with van der Waals surface area (Å²) in [5.41, 5.74) is -0.842. The molecular weight excluding hydrogens is 271 g/mol. The number of amides is 1. The number of nitrogens with one attached hydrogen (secondary N) is 2. The van der Waals surface area contributed by atoms with Gasteiger partial charge in [-0.05, 0) is 24.6 Å². The number of hydrogen-bond donors (Lipinski definition) is 2. The second kappa shape index (κ2) is 6.80. The van der Waals surface area contributed by atoms with Gasteiger partial charge in [-0.3, -0.25) is 4.79 Å². The van der Waals surface area contributed by atoms with Crippen LogP contribution in [0.2, 0.25) is 0 Å². The monoisotopic (exact) mass is 285 g/mol. The molecule has 1 aromatic carbocycles. The lowest BCUT2D eigenvalue weighted by atomic mass is 10.1. The van der Waals surface area contributed by atoms with Crippen molar-refractivity contribution in [3.63, 3.8) is 0 Å². The van der Waals surface area contributed by atoms with E-state index in [1.54, 1.807) is 6.07 Å². The molecule has 108 valence electrons. The number of benzene rings is 1. The van der Waals surface area contributed by atoms with Gasteiger partial charge in [-0.1, -0.05) is 6.92 Å². The van der Waals surface area contributed by atoms with Gasteiger partial charge in [-0.15, -0.1) is 0 Å². The first-order valence-corrected chi connectivity index (χ1v) is 6.00. The number of carbonyl (C=O) groups is 1. The van der Waals surface area contributed by atoms with E-state index in [1.165, 1.54) is 0 Å². The lowest BCUT2D eigenvalue weighted by Gasteiger charge is -2.11. The maximum Gasteiger partial charge on any atom is 0.416 e. The number of alkyl halides is 3. The lowest BCUT2D eigenvalue weighted by molar-refractivity contribution is -0.137. The predicted octanol–water partition coefficient (Wildman–Crippen LogP) is 2.52. The van der Waals surface area contributed by atoms with Gasteiger partial charge in [-0.25, -0.2) is 0 Å². The third-order valence-electron chi connectivity index (χ3n) is 2.48. The van der Waals surface area contributed by atoms with Crippen LogP contribution in [-0.4, -0.2) is 19.0 Å². The maximum absolute atomic E-state index is 12.5. The molecule has 0 heterocycles. The Hall–Kier alpha value is -2.23. The highest BCUT2D eigenvalue weighted by atomic mass is 19.4. The summed E-state index contributed by atoms with van der Waals surface area (Å²) >= 11 is 0. The molecular formula is C13H14F3N3O. The fourth-order valence-electron chi connectivity index (χ4n) is 1.47. The minimum Gasteiger partial charge on any atom is -0.375 e. The van der Waals surface area contributed by atoms with Crippen molar-refractivity contribution in [3.8, 4) is 6.07 Å². The van der Waals surface area contributed by atoms with Gasteiger partial charge in [0.05, 0.1) is 23.4 Å². The Balaban J connectivity index is 2.77. The summed E-state index contributed by atoms with van der Waals surface area (Å²) in [6.07, 6.45) is -3.71. The van der Waals surface area contributed by atoms with Gasteiger partial charge in [0, 0.05) is 6.54 Å². The Morgan fingerprint density at radius 2 is 2.10 bits per heavy atom. The molecule has 0 unspecified atom stereocenters. The molecule has 0 aliphatic heterocycles. The average Bonchev–Trinajstić information content (AvgIpc) is 2.41. The Bertz CT molecular complexity index is 521. The molecule has 1 rings (SSSR count). The van der Waals surface area contributed by atoms with Crippen molar-refractivity contribution >= 4 is 11.6 Å². The van der Waals surface area contributed by atoms with Crippen molar-refractivity contribution in [2.75, 3.05) is 18.4 Å². The number of anilines is 1. The zero-order valence-electron chi connectivity index (χ0n) is 10.8. The summed E-state index contributed by atoms with van der Waals surface area (Å²) in [6.45, 7) is 2.33. The standard InChI is InChI=1S/C13H14F3N3O/c1-2-5-18-12(20)8-19-11-4-3-10(13(14,15)16)6-9(11)7-17/h3-4,6,19H,2,5,8H2,1H3,(H,18,20). The zero-order valence-corrected chi connectivity index (χ0v) is 10.8. The van der Waals surface area contributed by atoms with E-state index in [-0.39, 0.29) is 23.7 Å². The maximum atomic E-state index is 12.5. The van der Waals surface area contributed by atoms with Crippen LogP contribution in [-0.2, 0) is 11.0 Å². The highest BCUT2D eigenvalue weighted by Gasteiger charge is 2.31. The zero-order chi connectivity index (χ0) is 15.2. The van der Waals surface area contributed by atoms with Gasteiger partial charge in [0.2, 0.25) is 5.91 Å². The smallest absolute Gasteiger partial charge is 0.375 e. The largest absolute Gasteiger partial charge is 0.416 e. The first-order valence-electron chi connectivity index (χ1n) is 6.00. The van der Waals surface area contributed by atoms with Gasteiger partial charge in [0.15, 0.2) is 0 Å². The molecule has 0 aliphatic carbocycles. The van der Waals surface area contributed by atoms with Crippen LogP contribution in [0.15, 0.2) is 18.2 Å². The molecule has 0 radical (unpaired) electrons. The van der Waals surface area contributed by atoms with Gasteiger partial charge in [0.1, 0.15) is 6.07 Å². The second-order valence-corrected chi connectivity index (χ2v) is 4.07. The first-order chi connectivity index (χ1) is 9.38. The van der Waals surface area contributed by atoms with Crippen molar-refractivity contribution in [1.82, 2.24) is 5.32 Å². The minimum absolute atomic E-state index is 0.0972. The van der Waals surface area contributed by atoms with Gasteiger partial charge >= 0.3 is 6.18 Å². The van der Waals surface area contributed by atoms with Crippen LogP contribution >= 0.6 is 0 Å². The molecule has 0 atom stereocenters. The highest BCUT2D eigenvalue weighted by Crippen LogP contribution is 2.31. The molecule has 0 spiro atoms. The Kier molecular flexibility index (Phi) is 5.38. The van der Waals surface area contributed by atoms with E-state index in [0.29, 0.717) is 6.54 Å². The Labute approximate surface area is 114 Å². The van der Waals surface area contributed by atoms with E-state index in [4.69, 9.17) is 5.26 Å². The molecule has 0 fully saturated rings. The minimum atomic E-state index is -4.50. The third kappa shape index (κ3) is 4.46. The van der Waals surface area contributed by atoms with Crippen molar-refractivity contribution < 1.29 is 18.0 Å². The molecule has 4 nitrogen and oxygen atoms in total. The Morgan fingerprint density at radius 3 is 2.65 bits per heavy atom. The Morgan fingerprint density at radius 1 is 1.40 bits per heavy atom. The third-order valence-corrected chi connectivity index (χ3v) is 2.48. The van der Waals surface area contributed by atoms with Gasteiger partial charge in [-0.2, -0.15) is 18.4 Å². The number of carbonyl (C=O) groups excluding carboxylic acids is 1. The summed E-state index contributed by atoms with van der Waals surface area (Å²) in [4.78, 5) is 11.4. The van der Waals surface area contributed by atoms with Crippen molar-refractivity contribution in [1.29, 1.82) is 5.26 Å². The number of rotatable bonds is 5. The fourth-order valence-corrected chi connectivity index (χ4v) is 1.47. The van der Waals surface area contributed by atoms with Crippen molar-refractivity contribution in [2.24, 2.45) is 0 Å². The van der Waals surface area contributed by atoms with Gasteiger partial charge in [0.25, 0.3) is 0 Å². The van der Waals surface area contributed by atoms with Gasteiger partial charge < -0.3 is 10.6 Å². The van der Waals surface area contributed by atoms with E-state index in [0.717, 1.165) is 24.6 Å². The molecule has 0 bridgehead atoms. The van der Waals surface area contributed by atoms with Crippen LogP contribution in [0.4, 0.5) is 18.9 Å². The van der Waals surface area contributed by atoms with E-state index in [1.807, 2.05) is 6.92 Å². The predicted molar refractivity (Wildman–Crippen MR) is 67.9 cm³/mol. The number of nitriles is 1. The first kappa shape index (κ1) is 15.8. The van der Waals surface area contributed by atoms with Crippen molar-refractivity contribution in [2.45, 2.75) is 19.5 Å². The lowest BCUT2D eigenvalue weighted by Crippen LogP contribution is -2.30. The highest BCUT2D eigenvalue weighted by molar-refractivity contribution is 5.81. The summed E-state index contributed by atoms with van der Waals surface area (Å²) < 4.78 is 37.5. The molecule has 0 saturated carbocycles. The van der Waals surface area contributed by atoms with Crippen LogP contribution in [0.25, 0.3) is 0 Å². The summed E-state index contributed by atoms with van der Waals surface area (Å²) in [5, 5.41) is 14.1. The molecule has 0 aromatic heterocycles. The molecule has 20 heavy (non-hydrogen) atoms. The SMILES string of the molecule is CCCNC(=O)CNc1ccc(C(F)(F)F)cc1C#N. The van der Waals surface area contributed by atoms with Crippen LogP contribution in [0, 0.1) is 11.3 Å². The number of hydrogen-bond acceptors (Lipinski definition) is 3. The molecule has 2 N–H and O–H groups in total. The van der Waals surface area contributed by atoms with Crippen LogP contribution in [0.3, 0.4) is 0 Å². The summed E-state index contributed by atoms with van der Waals surface area (Å²) in [6, 6.07) is 4.45. The molecule has 0 saturated heterocycles. The second-order valence-electron chi connectivity index (χ2n) is 4.07. The van der Waals surface area contributed by atoms with Crippen LogP contribution in [0.1, 0.15) is 24.5 Å². The van der Waals surface area contributed by atoms with Crippen LogP contribution < -0.4 is 10.6 Å². The molecule has 7 heteroatoms. The van der Waals surface area contributed by atoms with Crippen molar-refractivity contribution in [3.05, 3.63) is 29.3 Å². The molecule has 0 aliphatic rings. The topological polar surface area (TPSA) is 64.9 Å². The van der Waals surface area contributed by atoms with E-state index >= 15 is 0 Å². The normalized spacial score (nSPS) is 10.8. The quantitative estimate of drug-likeness (QED) is 0.873. The summed E-state index contributed by atoms with van der Waals surface area (Å²) in [7, 11) is 0. The van der Waals surface area contributed by atoms with Crippen LogP contribution in [0.5, 0.6) is 0 Å². The summed E-state index contributed by atoms with van der Waals surface area (Å²) in [5.74, 6) is -0.282. The number of nitrogens with zero attached hydrogens (tertiary/aromatic N) is 1. The van der Waals surface area contributed by atoms with E-state index < -0.39 is 11.7 Å². The fraction of sp³-hybridized carbons (Fsp3) is 0.385. The number of halogens is 3. The molecule has 1 aromatic rings. The van der Waals surface area contributed by atoms with E-state index in [9.17, 15) is 18.0 Å². The molecule has 1 amide bonds. The van der Waals surface area contributed by atoms with E-state index in [2.05, 4.69) is 10.6 Å². The average molecular weight is 285 g/mol.